The molecular weight excluding hydrogens is 345 g/mol. The summed E-state index contributed by atoms with van der Waals surface area (Å²) in [6, 6.07) is 9.44. The summed E-state index contributed by atoms with van der Waals surface area (Å²) >= 11 is 15.3. The molecule has 3 rings (SSSR count). The first-order valence-corrected chi connectivity index (χ1v) is 8.73. The lowest BCUT2D eigenvalue weighted by Crippen LogP contribution is -2.24. The third kappa shape index (κ3) is 3.61. The standard InChI is InChI=1S/C14H11Cl2N3S2/c1-8-2-5-13(21-8)12-7-20-14(19-18-12)17-11-4-3-9(15)6-10(11)16/h2-6H,7H2,1H3,(H,17,19). The zero-order valence-electron chi connectivity index (χ0n) is 11.1. The Kier molecular flexibility index (Phi) is 4.54. The lowest BCUT2D eigenvalue weighted by molar-refractivity contribution is 1.04. The average molecular weight is 356 g/mol. The van der Waals surface area contributed by atoms with Gasteiger partial charge < -0.3 is 0 Å². The van der Waals surface area contributed by atoms with Crippen LogP contribution in [0.1, 0.15) is 9.75 Å². The number of benzene rings is 1. The fourth-order valence-corrected chi connectivity index (χ4v) is 3.93. The highest BCUT2D eigenvalue weighted by Gasteiger charge is 2.14. The third-order valence-electron chi connectivity index (χ3n) is 2.79. The van der Waals surface area contributed by atoms with E-state index in [0.29, 0.717) is 15.7 Å². The van der Waals surface area contributed by atoms with Crippen LogP contribution in [0.2, 0.25) is 10.0 Å². The monoisotopic (exact) mass is 355 g/mol. The third-order valence-corrected chi connectivity index (χ3v) is 5.25. The molecule has 3 nitrogen and oxygen atoms in total. The van der Waals surface area contributed by atoms with E-state index >= 15 is 0 Å². The molecular formula is C14H11Cl2N3S2. The Morgan fingerprint density at radius 1 is 1.24 bits per heavy atom. The van der Waals surface area contributed by atoms with Crippen molar-refractivity contribution in [2.75, 3.05) is 5.75 Å². The van der Waals surface area contributed by atoms with Gasteiger partial charge >= 0.3 is 0 Å². The summed E-state index contributed by atoms with van der Waals surface area (Å²) in [4.78, 5) is 6.94. The molecule has 21 heavy (non-hydrogen) atoms. The normalized spacial score (nSPS) is 16.7. The molecule has 1 N–H and O–H groups in total. The lowest BCUT2D eigenvalue weighted by atomic mass is 10.3. The van der Waals surface area contributed by atoms with Crippen LogP contribution in [0.5, 0.6) is 0 Å². The number of thiophene rings is 1. The predicted molar refractivity (Wildman–Crippen MR) is 94.7 cm³/mol. The number of hydrazone groups is 1. The smallest absolute Gasteiger partial charge is 0.182 e. The highest BCUT2D eigenvalue weighted by atomic mass is 35.5. The van der Waals surface area contributed by atoms with Crippen molar-refractivity contribution < 1.29 is 0 Å². The van der Waals surface area contributed by atoms with E-state index in [-0.39, 0.29) is 0 Å². The molecule has 2 aromatic rings. The molecule has 0 saturated carbocycles. The van der Waals surface area contributed by atoms with Crippen LogP contribution in [0.3, 0.4) is 0 Å². The maximum atomic E-state index is 6.11. The van der Waals surface area contributed by atoms with Gasteiger partial charge in [-0.25, -0.2) is 4.99 Å². The van der Waals surface area contributed by atoms with Crippen LogP contribution < -0.4 is 5.43 Å². The molecule has 7 heteroatoms. The number of amidine groups is 1. The van der Waals surface area contributed by atoms with Gasteiger partial charge in [-0.3, -0.25) is 5.43 Å². The van der Waals surface area contributed by atoms with Crippen molar-refractivity contribution in [1.82, 2.24) is 5.43 Å². The highest BCUT2D eigenvalue weighted by molar-refractivity contribution is 8.14. The summed E-state index contributed by atoms with van der Waals surface area (Å²) in [6.07, 6.45) is 0. The van der Waals surface area contributed by atoms with Gasteiger partial charge in [0.05, 0.1) is 21.3 Å². The fraction of sp³-hybridized carbons (Fsp3) is 0.143. The Bertz CT molecular complexity index is 738. The number of thioether (sulfide) groups is 1. The number of nitrogens with one attached hydrogen (secondary N) is 1. The average Bonchev–Trinajstić information content (AvgIpc) is 2.89. The fourth-order valence-electron chi connectivity index (χ4n) is 1.77. The molecule has 0 spiro atoms. The maximum Gasteiger partial charge on any atom is 0.182 e. The molecule has 1 aliphatic heterocycles. The summed E-state index contributed by atoms with van der Waals surface area (Å²) in [5.74, 6) is 0.789. The Morgan fingerprint density at radius 3 is 2.71 bits per heavy atom. The van der Waals surface area contributed by atoms with Crippen molar-refractivity contribution in [1.29, 1.82) is 0 Å². The Labute approximate surface area is 141 Å². The van der Waals surface area contributed by atoms with Crippen LogP contribution in [0, 0.1) is 6.92 Å². The molecule has 0 bridgehead atoms. The second-order valence-electron chi connectivity index (χ2n) is 4.38. The Balaban J connectivity index is 1.78. The van der Waals surface area contributed by atoms with Gasteiger partial charge in [-0.15, -0.1) is 11.3 Å². The first kappa shape index (κ1) is 14.9. The van der Waals surface area contributed by atoms with Gasteiger partial charge in [0.25, 0.3) is 0 Å². The minimum absolute atomic E-state index is 0.529. The summed E-state index contributed by atoms with van der Waals surface area (Å²) in [7, 11) is 0. The highest BCUT2D eigenvalue weighted by Crippen LogP contribution is 2.29. The number of halogens is 2. The van der Waals surface area contributed by atoms with Gasteiger partial charge in [-0.1, -0.05) is 35.0 Å². The Hall–Kier alpha value is -1.01. The van der Waals surface area contributed by atoms with Crippen molar-refractivity contribution in [3.8, 4) is 0 Å². The van der Waals surface area contributed by atoms with Gasteiger partial charge in [0, 0.05) is 15.7 Å². The summed E-state index contributed by atoms with van der Waals surface area (Å²) < 4.78 is 0. The molecule has 0 atom stereocenters. The number of nitrogens with zero attached hydrogens (tertiary/aromatic N) is 2. The van der Waals surface area contributed by atoms with E-state index in [4.69, 9.17) is 23.2 Å². The summed E-state index contributed by atoms with van der Waals surface area (Å²) in [5, 5.41) is 6.25. The molecule has 0 radical (unpaired) electrons. The molecule has 1 aromatic carbocycles. The van der Waals surface area contributed by atoms with Crippen molar-refractivity contribution in [2.24, 2.45) is 10.1 Å². The number of aliphatic imine (C=N–C) groups is 1. The first-order chi connectivity index (χ1) is 10.1. The largest absolute Gasteiger partial charge is 0.255 e. The van der Waals surface area contributed by atoms with Crippen molar-refractivity contribution in [2.45, 2.75) is 6.92 Å². The van der Waals surface area contributed by atoms with Crippen molar-refractivity contribution in [3.63, 3.8) is 0 Å². The van der Waals surface area contributed by atoms with E-state index in [2.05, 4.69) is 34.6 Å². The van der Waals surface area contributed by atoms with Gasteiger partial charge in [0.1, 0.15) is 0 Å². The number of hydrogen-bond acceptors (Lipinski definition) is 4. The van der Waals surface area contributed by atoms with Crippen LogP contribution >= 0.6 is 46.3 Å². The van der Waals surface area contributed by atoms with E-state index in [1.807, 2.05) is 0 Å². The minimum Gasteiger partial charge on any atom is -0.255 e. The van der Waals surface area contributed by atoms with Gasteiger partial charge in [0.15, 0.2) is 5.17 Å². The van der Waals surface area contributed by atoms with E-state index < -0.39 is 0 Å². The predicted octanol–water partition coefficient (Wildman–Crippen LogP) is 5.09. The van der Waals surface area contributed by atoms with Crippen LogP contribution in [-0.4, -0.2) is 16.6 Å². The van der Waals surface area contributed by atoms with Gasteiger partial charge in [0.2, 0.25) is 0 Å². The molecule has 2 heterocycles. The second kappa shape index (κ2) is 6.40. The molecule has 108 valence electrons. The first-order valence-electron chi connectivity index (χ1n) is 6.18. The molecule has 1 aromatic heterocycles. The van der Waals surface area contributed by atoms with Crippen LogP contribution in [0.15, 0.2) is 40.4 Å². The molecule has 0 amide bonds. The zero-order chi connectivity index (χ0) is 14.8. The Morgan fingerprint density at radius 2 is 2.10 bits per heavy atom. The topological polar surface area (TPSA) is 36.8 Å². The number of hydrogen-bond donors (Lipinski definition) is 1. The van der Waals surface area contributed by atoms with Crippen LogP contribution in [-0.2, 0) is 0 Å². The maximum absolute atomic E-state index is 6.11. The van der Waals surface area contributed by atoms with E-state index in [9.17, 15) is 0 Å². The SMILES string of the molecule is Cc1ccc(C2=NNC(=Nc3ccc(Cl)cc3Cl)SC2)s1. The van der Waals surface area contributed by atoms with E-state index in [0.717, 1.165) is 16.6 Å². The van der Waals surface area contributed by atoms with Crippen molar-refractivity contribution >= 4 is 62.9 Å². The number of rotatable bonds is 2. The summed E-state index contributed by atoms with van der Waals surface area (Å²) in [6.45, 7) is 2.09. The quantitative estimate of drug-likeness (QED) is 0.814. The second-order valence-corrected chi connectivity index (χ2v) is 7.48. The van der Waals surface area contributed by atoms with Crippen LogP contribution in [0.4, 0.5) is 5.69 Å². The minimum atomic E-state index is 0.529. The van der Waals surface area contributed by atoms with Crippen LogP contribution in [0.25, 0.3) is 0 Å². The molecule has 0 fully saturated rings. The molecule has 0 unspecified atom stereocenters. The lowest BCUT2D eigenvalue weighted by Gasteiger charge is -2.13. The van der Waals surface area contributed by atoms with Gasteiger partial charge in [-0.05, 0) is 37.3 Å². The zero-order valence-corrected chi connectivity index (χ0v) is 14.2. The van der Waals surface area contributed by atoms with E-state index in [1.165, 1.54) is 9.75 Å². The van der Waals surface area contributed by atoms with Gasteiger partial charge in [-0.2, -0.15) is 5.10 Å². The number of aryl methyl sites for hydroxylation is 1. The molecule has 0 saturated heterocycles. The summed E-state index contributed by atoms with van der Waals surface area (Å²) in [5.41, 5.74) is 4.71. The molecule has 0 aliphatic carbocycles. The van der Waals surface area contributed by atoms with E-state index in [1.54, 1.807) is 41.3 Å². The molecule has 1 aliphatic rings. The van der Waals surface area contributed by atoms with Crippen molar-refractivity contribution in [3.05, 3.63) is 50.1 Å².